The first-order valence-electron chi connectivity index (χ1n) is 5.90. The molecule has 0 saturated carbocycles. The molecular formula is C12H17N3O2. The molecule has 1 aliphatic rings. The van der Waals surface area contributed by atoms with Crippen LogP contribution in [0.4, 0.5) is 10.6 Å². The molecule has 2 rings (SSSR count). The summed E-state index contributed by atoms with van der Waals surface area (Å²) in [6, 6.07) is 3.92. The van der Waals surface area contributed by atoms with E-state index in [-0.39, 0.29) is 6.09 Å². The lowest BCUT2D eigenvalue weighted by Crippen LogP contribution is -2.23. The molecule has 0 spiro atoms. The third kappa shape index (κ3) is 3.09. The monoisotopic (exact) mass is 235 g/mol. The Kier molecular flexibility index (Phi) is 3.80. The van der Waals surface area contributed by atoms with E-state index >= 15 is 0 Å². The minimum absolute atomic E-state index is 0.238. The van der Waals surface area contributed by atoms with Gasteiger partial charge in [0.15, 0.2) is 0 Å². The van der Waals surface area contributed by atoms with E-state index in [4.69, 9.17) is 4.74 Å². The van der Waals surface area contributed by atoms with Gasteiger partial charge in [-0.2, -0.15) is 0 Å². The van der Waals surface area contributed by atoms with Crippen molar-refractivity contribution in [2.75, 3.05) is 25.0 Å². The Morgan fingerprint density at radius 3 is 3.00 bits per heavy atom. The Labute approximate surface area is 101 Å². The van der Waals surface area contributed by atoms with Crippen molar-refractivity contribution in [1.82, 2.24) is 9.88 Å². The summed E-state index contributed by atoms with van der Waals surface area (Å²) in [5.41, 5.74) is 1.02. The van der Waals surface area contributed by atoms with Gasteiger partial charge in [-0.25, -0.2) is 9.78 Å². The van der Waals surface area contributed by atoms with E-state index in [0.29, 0.717) is 19.7 Å². The lowest BCUT2D eigenvalue weighted by Gasteiger charge is -2.12. The molecule has 1 N–H and O–H groups in total. The molecule has 5 heteroatoms. The highest BCUT2D eigenvalue weighted by molar-refractivity contribution is 5.69. The van der Waals surface area contributed by atoms with Crippen LogP contribution in [-0.2, 0) is 11.3 Å². The van der Waals surface area contributed by atoms with Crippen LogP contribution in [0.1, 0.15) is 18.9 Å². The summed E-state index contributed by atoms with van der Waals surface area (Å²) in [4.78, 5) is 17.2. The van der Waals surface area contributed by atoms with Crippen molar-refractivity contribution >= 4 is 11.9 Å². The standard InChI is InChI=1S/C12H17N3O2/c1-2-5-13-11-4-3-10(8-14-11)9-15-6-7-17-12(15)16/h3-4,8H,2,5-7,9H2,1H3,(H,13,14). The molecule has 1 aromatic rings. The number of nitrogens with zero attached hydrogens (tertiary/aromatic N) is 2. The average molecular weight is 235 g/mol. The molecule has 0 aromatic carbocycles. The number of cyclic esters (lactones) is 1. The van der Waals surface area contributed by atoms with Gasteiger partial charge in [0.25, 0.3) is 0 Å². The van der Waals surface area contributed by atoms with Crippen LogP contribution in [0.15, 0.2) is 18.3 Å². The molecule has 2 heterocycles. The smallest absolute Gasteiger partial charge is 0.410 e. The second-order valence-electron chi connectivity index (χ2n) is 4.01. The molecule has 17 heavy (non-hydrogen) atoms. The van der Waals surface area contributed by atoms with Gasteiger partial charge < -0.3 is 15.0 Å². The number of carbonyl (C=O) groups excluding carboxylic acids is 1. The third-order valence-corrected chi connectivity index (χ3v) is 2.60. The Morgan fingerprint density at radius 2 is 2.41 bits per heavy atom. The maximum absolute atomic E-state index is 11.3. The van der Waals surface area contributed by atoms with Crippen molar-refractivity contribution < 1.29 is 9.53 Å². The predicted molar refractivity (Wildman–Crippen MR) is 64.8 cm³/mol. The summed E-state index contributed by atoms with van der Waals surface area (Å²) in [5, 5.41) is 3.21. The highest BCUT2D eigenvalue weighted by Gasteiger charge is 2.21. The van der Waals surface area contributed by atoms with Crippen LogP contribution < -0.4 is 5.32 Å². The van der Waals surface area contributed by atoms with Gasteiger partial charge in [0.05, 0.1) is 13.1 Å². The maximum Gasteiger partial charge on any atom is 0.410 e. The van der Waals surface area contributed by atoms with Gasteiger partial charge in [0.2, 0.25) is 0 Å². The summed E-state index contributed by atoms with van der Waals surface area (Å²) in [7, 11) is 0. The molecule has 5 nitrogen and oxygen atoms in total. The fraction of sp³-hybridized carbons (Fsp3) is 0.500. The van der Waals surface area contributed by atoms with Crippen LogP contribution in [0.25, 0.3) is 0 Å². The van der Waals surface area contributed by atoms with Gasteiger partial charge in [0, 0.05) is 12.7 Å². The fourth-order valence-electron chi connectivity index (χ4n) is 1.67. The molecule has 0 aliphatic carbocycles. The van der Waals surface area contributed by atoms with Crippen molar-refractivity contribution in [3.05, 3.63) is 23.9 Å². The Morgan fingerprint density at radius 1 is 1.53 bits per heavy atom. The van der Waals surface area contributed by atoms with E-state index in [0.717, 1.165) is 24.3 Å². The zero-order valence-corrected chi connectivity index (χ0v) is 9.98. The lowest BCUT2D eigenvalue weighted by molar-refractivity contribution is 0.157. The molecule has 1 saturated heterocycles. The van der Waals surface area contributed by atoms with Gasteiger partial charge in [-0.3, -0.25) is 0 Å². The molecule has 1 aliphatic heterocycles. The van der Waals surface area contributed by atoms with Crippen LogP contribution in [-0.4, -0.2) is 35.7 Å². The van der Waals surface area contributed by atoms with Crippen LogP contribution in [0.2, 0.25) is 0 Å². The molecule has 1 fully saturated rings. The van der Waals surface area contributed by atoms with E-state index in [9.17, 15) is 4.79 Å². The zero-order chi connectivity index (χ0) is 12.1. The SMILES string of the molecule is CCCNc1ccc(CN2CCOC2=O)cn1. The molecular weight excluding hydrogens is 218 g/mol. The lowest BCUT2D eigenvalue weighted by atomic mass is 10.2. The van der Waals surface area contributed by atoms with E-state index in [1.165, 1.54) is 0 Å². The minimum Gasteiger partial charge on any atom is -0.448 e. The van der Waals surface area contributed by atoms with Crippen molar-refractivity contribution in [2.45, 2.75) is 19.9 Å². The molecule has 0 unspecified atom stereocenters. The van der Waals surface area contributed by atoms with Crippen molar-refractivity contribution in [2.24, 2.45) is 0 Å². The van der Waals surface area contributed by atoms with E-state index in [1.54, 1.807) is 11.1 Å². The molecule has 1 aromatic heterocycles. The number of ether oxygens (including phenoxy) is 1. The molecule has 0 radical (unpaired) electrons. The molecule has 0 bridgehead atoms. The number of hydrogen-bond acceptors (Lipinski definition) is 4. The Bertz CT molecular complexity index is 378. The van der Waals surface area contributed by atoms with Crippen molar-refractivity contribution in [3.8, 4) is 0 Å². The third-order valence-electron chi connectivity index (χ3n) is 2.60. The number of rotatable bonds is 5. The highest BCUT2D eigenvalue weighted by Crippen LogP contribution is 2.11. The van der Waals surface area contributed by atoms with Gasteiger partial charge in [-0.05, 0) is 18.1 Å². The second-order valence-corrected chi connectivity index (χ2v) is 4.01. The summed E-state index contributed by atoms with van der Waals surface area (Å²) >= 11 is 0. The first-order valence-corrected chi connectivity index (χ1v) is 5.90. The van der Waals surface area contributed by atoms with E-state index in [2.05, 4.69) is 17.2 Å². The van der Waals surface area contributed by atoms with Gasteiger partial charge >= 0.3 is 6.09 Å². The number of pyridine rings is 1. The zero-order valence-electron chi connectivity index (χ0n) is 9.98. The van der Waals surface area contributed by atoms with E-state index < -0.39 is 0 Å². The minimum atomic E-state index is -0.238. The largest absolute Gasteiger partial charge is 0.448 e. The summed E-state index contributed by atoms with van der Waals surface area (Å²) in [5.74, 6) is 0.875. The number of aromatic nitrogens is 1. The molecule has 1 amide bonds. The number of hydrogen-bond donors (Lipinski definition) is 1. The van der Waals surface area contributed by atoms with Gasteiger partial charge in [-0.1, -0.05) is 13.0 Å². The second kappa shape index (κ2) is 5.52. The van der Waals surface area contributed by atoms with Crippen LogP contribution in [0, 0.1) is 0 Å². The van der Waals surface area contributed by atoms with Crippen LogP contribution in [0.3, 0.4) is 0 Å². The van der Waals surface area contributed by atoms with E-state index in [1.807, 2.05) is 12.1 Å². The Balaban J connectivity index is 1.91. The Hall–Kier alpha value is -1.78. The quantitative estimate of drug-likeness (QED) is 0.846. The number of amides is 1. The molecule has 0 atom stereocenters. The van der Waals surface area contributed by atoms with Crippen LogP contribution >= 0.6 is 0 Å². The molecule has 92 valence electrons. The van der Waals surface area contributed by atoms with Gasteiger partial charge in [-0.15, -0.1) is 0 Å². The highest BCUT2D eigenvalue weighted by atomic mass is 16.6. The number of carbonyl (C=O) groups is 1. The number of nitrogens with one attached hydrogen (secondary N) is 1. The summed E-state index contributed by atoms with van der Waals surface area (Å²) in [6.07, 6.45) is 2.63. The summed E-state index contributed by atoms with van der Waals surface area (Å²) < 4.78 is 4.87. The average Bonchev–Trinajstić information content (AvgIpc) is 2.74. The first-order chi connectivity index (χ1) is 8.29. The van der Waals surface area contributed by atoms with Crippen LogP contribution in [0.5, 0.6) is 0 Å². The predicted octanol–water partition coefficient (Wildman–Crippen LogP) is 1.86. The van der Waals surface area contributed by atoms with Crippen molar-refractivity contribution in [1.29, 1.82) is 0 Å². The maximum atomic E-state index is 11.3. The first kappa shape index (κ1) is 11.7. The van der Waals surface area contributed by atoms with Gasteiger partial charge in [0.1, 0.15) is 12.4 Å². The number of anilines is 1. The van der Waals surface area contributed by atoms with Crippen molar-refractivity contribution in [3.63, 3.8) is 0 Å². The fourth-order valence-corrected chi connectivity index (χ4v) is 1.67. The topological polar surface area (TPSA) is 54.5 Å². The normalized spacial score (nSPS) is 14.9. The summed E-state index contributed by atoms with van der Waals surface area (Å²) in [6.45, 7) is 4.75.